The maximum atomic E-state index is 12.9. The average Bonchev–Trinajstić information content (AvgIpc) is 2.65. The van der Waals surface area contributed by atoms with Gasteiger partial charge in [-0.15, -0.1) is 0 Å². The molecule has 2 aromatic carbocycles. The van der Waals surface area contributed by atoms with Gasteiger partial charge in [-0.1, -0.05) is 41.9 Å². The summed E-state index contributed by atoms with van der Waals surface area (Å²) in [4.78, 5) is 25.5. The molecule has 0 bridgehead atoms. The zero-order valence-electron chi connectivity index (χ0n) is 14.3. The first-order chi connectivity index (χ1) is 12.5. The van der Waals surface area contributed by atoms with E-state index in [2.05, 4.69) is 4.74 Å². The van der Waals surface area contributed by atoms with Crippen molar-refractivity contribution in [3.8, 4) is 0 Å². The van der Waals surface area contributed by atoms with Gasteiger partial charge >= 0.3 is 5.97 Å². The molecule has 2 rings (SSSR count). The van der Waals surface area contributed by atoms with Crippen LogP contribution < -0.4 is 0 Å². The molecule has 0 spiro atoms. The minimum absolute atomic E-state index is 0.0804. The van der Waals surface area contributed by atoms with E-state index in [-0.39, 0.29) is 31.2 Å². The lowest BCUT2D eigenvalue weighted by Gasteiger charge is -2.21. The number of amides is 1. The molecule has 0 aliphatic rings. The smallest absolute Gasteiger partial charge is 0.307 e. The number of methoxy groups -OCH3 is 1. The molecule has 0 fully saturated rings. The molecule has 0 saturated heterocycles. The predicted octanol–water partition coefficient (Wildman–Crippen LogP) is 4.08. The van der Waals surface area contributed by atoms with Crippen molar-refractivity contribution in [2.45, 2.75) is 13.0 Å². The van der Waals surface area contributed by atoms with Gasteiger partial charge in [0.15, 0.2) is 0 Å². The number of nitrogens with zero attached hydrogens (tertiary/aromatic N) is 1. The normalized spacial score (nSPS) is 10.7. The van der Waals surface area contributed by atoms with Crippen molar-refractivity contribution in [3.05, 3.63) is 76.6 Å². The van der Waals surface area contributed by atoms with Crippen molar-refractivity contribution in [1.82, 2.24) is 4.90 Å². The second-order valence-electron chi connectivity index (χ2n) is 5.56. The zero-order chi connectivity index (χ0) is 18.9. The Morgan fingerprint density at radius 1 is 1.15 bits per heavy atom. The maximum Gasteiger partial charge on any atom is 0.307 e. The van der Waals surface area contributed by atoms with E-state index in [1.807, 2.05) is 12.1 Å². The van der Waals surface area contributed by atoms with E-state index in [9.17, 15) is 14.0 Å². The Morgan fingerprint density at radius 3 is 2.50 bits per heavy atom. The molecule has 0 N–H and O–H groups in total. The molecule has 0 heterocycles. The van der Waals surface area contributed by atoms with Crippen molar-refractivity contribution >= 4 is 29.6 Å². The van der Waals surface area contributed by atoms with E-state index < -0.39 is 5.97 Å². The molecule has 0 aromatic heterocycles. The summed E-state index contributed by atoms with van der Waals surface area (Å²) in [5.41, 5.74) is 1.48. The van der Waals surface area contributed by atoms with E-state index >= 15 is 0 Å². The lowest BCUT2D eigenvalue weighted by Crippen LogP contribution is -2.31. The highest BCUT2D eigenvalue weighted by atomic mass is 35.5. The van der Waals surface area contributed by atoms with Crippen molar-refractivity contribution < 1.29 is 18.7 Å². The van der Waals surface area contributed by atoms with Gasteiger partial charge in [0.05, 0.1) is 13.5 Å². The molecule has 0 saturated carbocycles. The second-order valence-corrected chi connectivity index (χ2v) is 5.97. The molecular weight excluding hydrogens is 357 g/mol. The third kappa shape index (κ3) is 6.01. The number of carbonyl (C=O) groups is 2. The molecule has 6 heteroatoms. The van der Waals surface area contributed by atoms with Gasteiger partial charge in [0.2, 0.25) is 5.91 Å². The van der Waals surface area contributed by atoms with Crippen molar-refractivity contribution in [1.29, 1.82) is 0 Å². The zero-order valence-corrected chi connectivity index (χ0v) is 15.1. The lowest BCUT2D eigenvalue weighted by molar-refractivity contribution is -0.141. The van der Waals surface area contributed by atoms with Crippen LogP contribution in [0, 0.1) is 5.82 Å². The quantitative estimate of drug-likeness (QED) is 0.541. The number of carbonyl (C=O) groups excluding carboxylic acids is 2. The van der Waals surface area contributed by atoms with Crippen LogP contribution >= 0.6 is 11.6 Å². The van der Waals surface area contributed by atoms with Crippen LogP contribution in [-0.4, -0.2) is 30.4 Å². The second kappa shape index (κ2) is 9.73. The van der Waals surface area contributed by atoms with Crippen LogP contribution in [0.1, 0.15) is 17.5 Å². The molecule has 0 unspecified atom stereocenters. The molecule has 26 heavy (non-hydrogen) atoms. The third-order valence-electron chi connectivity index (χ3n) is 3.73. The summed E-state index contributed by atoms with van der Waals surface area (Å²) in [6.07, 6.45) is 3.07. The van der Waals surface area contributed by atoms with E-state index in [4.69, 9.17) is 11.6 Å². The van der Waals surface area contributed by atoms with Crippen LogP contribution in [0.4, 0.5) is 4.39 Å². The summed E-state index contributed by atoms with van der Waals surface area (Å²) in [6, 6.07) is 13.0. The van der Waals surface area contributed by atoms with Crippen molar-refractivity contribution in [2.24, 2.45) is 0 Å². The largest absolute Gasteiger partial charge is 0.469 e. The molecule has 0 aliphatic heterocycles. The fourth-order valence-corrected chi connectivity index (χ4v) is 2.47. The monoisotopic (exact) mass is 375 g/mol. The maximum absolute atomic E-state index is 12.9. The van der Waals surface area contributed by atoms with Crippen LogP contribution in [0.3, 0.4) is 0 Å². The van der Waals surface area contributed by atoms with Gasteiger partial charge in [-0.25, -0.2) is 4.39 Å². The van der Waals surface area contributed by atoms with Crippen LogP contribution in [0.15, 0.2) is 54.6 Å². The number of hydrogen-bond donors (Lipinski definition) is 0. The summed E-state index contributed by atoms with van der Waals surface area (Å²) in [7, 11) is 1.30. The Kier molecular flexibility index (Phi) is 7.36. The number of esters is 1. The third-order valence-corrected chi connectivity index (χ3v) is 4.10. The Hall–Kier alpha value is -2.66. The molecular formula is C20H19ClFNO3. The first-order valence-electron chi connectivity index (χ1n) is 8.02. The van der Waals surface area contributed by atoms with Crippen LogP contribution in [0.2, 0.25) is 5.02 Å². The van der Waals surface area contributed by atoms with Gasteiger partial charge in [0.1, 0.15) is 5.82 Å². The summed E-state index contributed by atoms with van der Waals surface area (Å²) < 4.78 is 17.6. The number of ether oxygens (including phenoxy) is 1. The average molecular weight is 376 g/mol. The number of benzene rings is 2. The van der Waals surface area contributed by atoms with E-state index in [1.165, 1.54) is 30.2 Å². The highest BCUT2D eigenvalue weighted by Gasteiger charge is 2.15. The molecule has 4 nitrogen and oxygen atoms in total. The van der Waals surface area contributed by atoms with Gasteiger partial charge < -0.3 is 9.64 Å². The van der Waals surface area contributed by atoms with Gasteiger partial charge in [0, 0.05) is 24.2 Å². The van der Waals surface area contributed by atoms with Crippen LogP contribution in [0.5, 0.6) is 0 Å². The molecule has 0 atom stereocenters. The van der Waals surface area contributed by atoms with Crippen molar-refractivity contribution in [3.63, 3.8) is 0 Å². The van der Waals surface area contributed by atoms with Gasteiger partial charge in [-0.2, -0.15) is 0 Å². The number of hydrogen-bond acceptors (Lipinski definition) is 3. The highest BCUT2D eigenvalue weighted by molar-refractivity contribution is 6.31. The Morgan fingerprint density at radius 2 is 1.85 bits per heavy atom. The Labute approximate surface area is 156 Å². The Balaban J connectivity index is 2.13. The number of halogens is 2. The minimum Gasteiger partial charge on any atom is -0.469 e. The summed E-state index contributed by atoms with van der Waals surface area (Å²) in [5.74, 6) is -1.02. The fourth-order valence-electron chi connectivity index (χ4n) is 2.27. The summed E-state index contributed by atoms with van der Waals surface area (Å²) >= 11 is 6.17. The molecule has 2 aromatic rings. The van der Waals surface area contributed by atoms with E-state index in [1.54, 1.807) is 30.3 Å². The van der Waals surface area contributed by atoms with Gasteiger partial charge in [0.25, 0.3) is 0 Å². The molecule has 1 amide bonds. The van der Waals surface area contributed by atoms with Gasteiger partial charge in [-0.3, -0.25) is 9.59 Å². The standard InChI is InChI=1S/C20H19ClFNO3/c1-26-20(25)12-13-23(14-16-4-2-3-5-18(16)21)19(24)11-8-15-6-9-17(22)10-7-15/h2-11H,12-14H2,1H3/b11-8+. The Bertz CT molecular complexity index is 790. The predicted molar refractivity (Wildman–Crippen MR) is 98.9 cm³/mol. The van der Waals surface area contributed by atoms with Crippen LogP contribution in [0.25, 0.3) is 6.08 Å². The van der Waals surface area contributed by atoms with E-state index in [0.29, 0.717) is 10.6 Å². The SMILES string of the molecule is COC(=O)CCN(Cc1ccccc1Cl)C(=O)/C=C/c1ccc(F)cc1. The first kappa shape index (κ1) is 19.7. The van der Waals surface area contributed by atoms with Crippen LogP contribution in [-0.2, 0) is 20.9 Å². The van der Waals surface area contributed by atoms with Crippen molar-refractivity contribution in [2.75, 3.05) is 13.7 Å². The fraction of sp³-hybridized carbons (Fsp3) is 0.200. The summed E-state index contributed by atoms with van der Waals surface area (Å²) in [5, 5.41) is 0.547. The first-order valence-corrected chi connectivity index (χ1v) is 8.40. The molecule has 0 aliphatic carbocycles. The number of rotatable bonds is 7. The van der Waals surface area contributed by atoms with Gasteiger partial charge in [-0.05, 0) is 35.4 Å². The highest BCUT2D eigenvalue weighted by Crippen LogP contribution is 2.18. The molecule has 136 valence electrons. The summed E-state index contributed by atoms with van der Waals surface area (Å²) in [6.45, 7) is 0.466. The molecule has 0 radical (unpaired) electrons. The van der Waals surface area contributed by atoms with E-state index in [0.717, 1.165) is 5.56 Å². The minimum atomic E-state index is -0.399. The topological polar surface area (TPSA) is 46.6 Å². The lowest BCUT2D eigenvalue weighted by atomic mass is 10.2.